The quantitative estimate of drug-likeness (QED) is 0.754. The summed E-state index contributed by atoms with van der Waals surface area (Å²) >= 11 is 3.24. The fourth-order valence-electron chi connectivity index (χ4n) is 3.00. The first-order valence-electron chi connectivity index (χ1n) is 7.23. The van der Waals surface area contributed by atoms with Crippen LogP contribution in [0.15, 0.2) is 45.5 Å². The molecule has 1 saturated heterocycles. The van der Waals surface area contributed by atoms with E-state index in [1.807, 2.05) is 29.2 Å². The van der Waals surface area contributed by atoms with Gasteiger partial charge in [-0.15, -0.1) is 0 Å². The van der Waals surface area contributed by atoms with Gasteiger partial charge in [0.2, 0.25) is 0 Å². The van der Waals surface area contributed by atoms with E-state index in [-0.39, 0.29) is 11.9 Å². The maximum atomic E-state index is 12.6. The highest BCUT2D eigenvalue weighted by atomic mass is 79.9. The average molecular weight is 360 g/mol. The van der Waals surface area contributed by atoms with Gasteiger partial charge in [0, 0.05) is 6.54 Å². The molecule has 6 heteroatoms. The van der Waals surface area contributed by atoms with Crippen molar-refractivity contribution in [3.8, 4) is 0 Å². The van der Waals surface area contributed by atoms with Crippen LogP contribution in [-0.4, -0.2) is 27.3 Å². The summed E-state index contributed by atoms with van der Waals surface area (Å²) < 4.78 is 5.96. The zero-order valence-electron chi connectivity index (χ0n) is 11.8. The largest absolute Gasteiger partial charge is 0.444 e. The molecule has 0 radical (unpaired) electrons. The highest BCUT2D eigenvalue weighted by molar-refractivity contribution is 9.10. The van der Waals surface area contributed by atoms with Crippen molar-refractivity contribution in [1.29, 1.82) is 0 Å². The van der Waals surface area contributed by atoms with Crippen molar-refractivity contribution < 1.29 is 9.21 Å². The van der Waals surface area contributed by atoms with Crippen molar-refractivity contribution in [3.05, 3.63) is 52.7 Å². The lowest BCUT2D eigenvalue weighted by atomic mass is 10.2. The summed E-state index contributed by atoms with van der Waals surface area (Å²) in [6, 6.07) is 11.3. The molecule has 0 unspecified atom stereocenters. The molecule has 0 spiro atoms. The number of rotatable bonds is 2. The standard InChI is InChI=1S/C16H14BrN3O2/c17-14-8-7-13(22-14)16(21)20-9-3-6-12(20)15-18-10-4-1-2-5-11(10)19-15/h1-2,4-5,7-8,12H,3,6,9H2,(H,18,19)/t12-/m0/s1. The van der Waals surface area contributed by atoms with E-state index in [1.165, 1.54) is 0 Å². The number of carbonyl (C=O) groups is 1. The fraction of sp³-hybridized carbons (Fsp3) is 0.250. The van der Waals surface area contributed by atoms with Crippen molar-refractivity contribution in [2.45, 2.75) is 18.9 Å². The molecule has 4 rings (SSSR count). The second-order valence-corrected chi connectivity index (χ2v) is 6.18. The Morgan fingerprint density at radius 2 is 2.18 bits per heavy atom. The van der Waals surface area contributed by atoms with Crippen LogP contribution < -0.4 is 0 Å². The van der Waals surface area contributed by atoms with Gasteiger partial charge in [-0.1, -0.05) is 12.1 Å². The van der Waals surface area contributed by atoms with Gasteiger partial charge in [-0.05, 0) is 53.0 Å². The lowest BCUT2D eigenvalue weighted by Gasteiger charge is -2.21. The number of imidazole rings is 1. The third-order valence-corrected chi connectivity index (χ3v) is 4.45. The number of hydrogen-bond acceptors (Lipinski definition) is 3. The molecule has 3 heterocycles. The molecule has 1 aromatic carbocycles. The van der Waals surface area contributed by atoms with Crippen LogP contribution in [0, 0.1) is 0 Å². The number of amides is 1. The summed E-state index contributed by atoms with van der Waals surface area (Å²) in [6.07, 6.45) is 1.88. The van der Waals surface area contributed by atoms with Crippen molar-refractivity contribution in [2.75, 3.05) is 6.54 Å². The number of benzene rings is 1. The van der Waals surface area contributed by atoms with E-state index in [4.69, 9.17) is 4.42 Å². The minimum Gasteiger partial charge on any atom is -0.444 e. The molecular weight excluding hydrogens is 346 g/mol. The van der Waals surface area contributed by atoms with Crippen LogP contribution in [0.3, 0.4) is 0 Å². The van der Waals surface area contributed by atoms with Crippen LogP contribution in [0.4, 0.5) is 0 Å². The van der Waals surface area contributed by atoms with Gasteiger partial charge < -0.3 is 14.3 Å². The van der Waals surface area contributed by atoms with E-state index in [1.54, 1.807) is 12.1 Å². The van der Waals surface area contributed by atoms with Gasteiger partial charge in [0.15, 0.2) is 10.4 Å². The number of nitrogens with one attached hydrogen (secondary N) is 1. The average Bonchev–Trinajstić information content (AvgIpc) is 3.24. The van der Waals surface area contributed by atoms with Gasteiger partial charge in [0.1, 0.15) is 5.82 Å². The van der Waals surface area contributed by atoms with Gasteiger partial charge in [0.25, 0.3) is 5.91 Å². The molecule has 0 aliphatic carbocycles. The second kappa shape index (κ2) is 5.28. The number of fused-ring (bicyclic) bond motifs is 1. The summed E-state index contributed by atoms with van der Waals surface area (Å²) in [5.74, 6) is 1.11. The first-order chi connectivity index (χ1) is 10.7. The molecule has 2 aromatic heterocycles. The monoisotopic (exact) mass is 359 g/mol. The molecule has 1 N–H and O–H groups in total. The number of H-pyrrole nitrogens is 1. The lowest BCUT2D eigenvalue weighted by Crippen LogP contribution is -2.30. The Bertz CT molecular complexity index is 806. The van der Waals surface area contributed by atoms with E-state index in [9.17, 15) is 4.79 Å². The number of aromatic nitrogens is 2. The molecule has 3 aromatic rings. The van der Waals surface area contributed by atoms with Crippen molar-refractivity contribution in [2.24, 2.45) is 0 Å². The Balaban J connectivity index is 1.67. The van der Waals surface area contributed by atoms with Crippen molar-refractivity contribution in [1.82, 2.24) is 14.9 Å². The molecule has 1 aliphatic rings. The molecule has 1 amide bonds. The summed E-state index contributed by atoms with van der Waals surface area (Å²) in [4.78, 5) is 22.4. The van der Waals surface area contributed by atoms with Crippen LogP contribution in [0.25, 0.3) is 11.0 Å². The molecule has 1 aliphatic heterocycles. The normalized spacial score (nSPS) is 18.2. The summed E-state index contributed by atoms with van der Waals surface area (Å²) in [6.45, 7) is 0.721. The molecule has 1 fully saturated rings. The summed E-state index contributed by atoms with van der Waals surface area (Å²) in [5.41, 5.74) is 1.93. The zero-order chi connectivity index (χ0) is 15.1. The van der Waals surface area contributed by atoms with Crippen LogP contribution in [0.5, 0.6) is 0 Å². The maximum Gasteiger partial charge on any atom is 0.290 e. The van der Waals surface area contributed by atoms with E-state index < -0.39 is 0 Å². The third kappa shape index (κ3) is 2.23. The highest BCUT2D eigenvalue weighted by Gasteiger charge is 2.33. The summed E-state index contributed by atoms with van der Waals surface area (Å²) in [7, 11) is 0. The first kappa shape index (κ1) is 13.6. The van der Waals surface area contributed by atoms with Gasteiger partial charge in [0.05, 0.1) is 17.1 Å². The maximum absolute atomic E-state index is 12.6. The molecular formula is C16H14BrN3O2. The smallest absolute Gasteiger partial charge is 0.290 e. The molecule has 1 atom stereocenters. The molecule has 5 nitrogen and oxygen atoms in total. The van der Waals surface area contributed by atoms with Crippen LogP contribution in [0.1, 0.15) is 35.3 Å². The highest BCUT2D eigenvalue weighted by Crippen LogP contribution is 2.33. The van der Waals surface area contributed by atoms with E-state index in [0.29, 0.717) is 10.4 Å². The Labute approximate surface area is 135 Å². The van der Waals surface area contributed by atoms with E-state index in [0.717, 1.165) is 36.2 Å². The number of likely N-dealkylation sites (tertiary alicyclic amines) is 1. The lowest BCUT2D eigenvalue weighted by molar-refractivity contribution is 0.0697. The van der Waals surface area contributed by atoms with Gasteiger partial charge in [-0.2, -0.15) is 0 Å². The molecule has 0 saturated carbocycles. The van der Waals surface area contributed by atoms with E-state index >= 15 is 0 Å². The number of aromatic amines is 1. The summed E-state index contributed by atoms with van der Waals surface area (Å²) in [5, 5.41) is 0. The fourth-order valence-corrected chi connectivity index (χ4v) is 3.30. The van der Waals surface area contributed by atoms with Gasteiger partial charge in [-0.25, -0.2) is 4.98 Å². The topological polar surface area (TPSA) is 62.1 Å². The predicted molar refractivity (Wildman–Crippen MR) is 85.5 cm³/mol. The van der Waals surface area contributed by atoms with Crippen molar-refractivity contribution in [3.63, 3.8) is 0 Å². The molecule has 22 heavy (non-hydrogen) atoms. The van der Waals surface area contributed by atoms with Gasteiger partial charge in [-0.3, -0.25) is 4.79 Å². The predicted octanol–water partition coefficient (Wildman–Crippen LogP) is 3.90. The number of nitrogens with zero attached hydrogens (tertiary/aromatic N) is 2. The molecule has 112 valence electrons. The number of para-hydroxylation sites is 2. The van der Waals surface area contributed by atoms with Crippen LogP contribution in [0.2, 0.25) is 0 Å². The Morgan fingerprint density at radius 3 is 2.95 bits per heavy atom. The number of furan rings is 1. The third-order valence-electron chi connectivity index (χ3n) is 4.02. The second-order valence-electron chi connectivity index (χ2n) is 5.40. The Hall–Kier alpha value is -2.08. The minimum absolute atomic E-state index is 0.0243. The van der Waals surface area contributed by atoms with E-state index in [2.05, 4.69) is 25.9 Å². The SMILES string of the molecule is O=C(c1ccc(Br)o1)N1CCC[C@H]1c1nc2ccccc2[nH]1. The Morgan fingerprint density at radius 1 is 1.32 bits per heavy atom. The zero-order valence-corrected chi connectivity index (χ0v) is 13.3. The molecule has 0 bridgehead atoms. The first-order valence-corrected chi connectivity index (χ1v) is 8.02. The van der Waals surface area contributed by atoms with Crippen LogP contribution >= 0.6 is 15.9 Å². The Kier molecular flexibility index (Phi) is 3.26. The van der Waals surface area contributed by atoms with Gasteiger partial charge >= 0.3 is 0 Å². The number of carbonyl (C=O) groups excluding carboxylic acids is 1. The van der Waals surface area contributed by atoms with Crippen LogP contribution in [-0.2, 0) is 0 Å². The number of hydrogen-bond donors (Lipinski definition) is 1. The van der Waals surface area contributed by atoms with Crippen molar-refractivity contribution >= 4 is 32.9 Å². The number of halogens is 1. The minimum atomic E-state index is -0.0892.